The van der Waals surface area contributed by atoms with E-state index >= 15 is 0 Å². The van der Waals surface area contributed by atoms with Gasteiger partial charge in [-0.1, -0.05) is 54.1 Å². The van der Waals surface area contributed by atoms with Crippen LogP contribution in [0.5, 0.6) is 11.5 Å². The summed E-state index contributed by atoms with van der Waals surface area (Å²) in [6, 6.07) is 18.4. The quantitative estimate of drug-likeness (QED) is 0.513. The highest BCUT2D eigenvalue weighted by atomic mass is 35.5. The van der Waals surface area contributed by atoms with Gasteiger partial charge in [-0.25, -0.2) is 0 Å². The summed E-state index contributed by atoms with van der Waals surface area (Å²) in [5.41, 5.74) is 2.11. The van der Waals surface area contributed by atoms with Gasteiger partial charge in [0.2, 0.25) is 0 Å². The fourth-order valence-electron chi connectivity index (χ4n) is 3.17. The maximum absolute atomic E-state index is 6.56. The van der Waals surface area contributed by atoms with Gasteiger partial charge < -0.3 is 9.47 Å². The van der Waals surface area contributed by atoms with Gasteiger partial charge in [0.1, 0.15) is 6.61 Å². The molecule has 4 rings (SSSR count). The van der Waals surface area contributed by atoms with Crippen molar-refractivity contribution >= 4 is 39.2 Å². The molecular formula is C22H20ClNO2S. The Kier molecular flexibility index (Phi) is 5.55. The maximum atomic E-state index is 6.56. The molecular weight excluding hydrogens is 378 g/mol. The Labute approximate surface area is 168 Å². The number of halogens is 1. The van der Waals surface area contributed by atoms with Gasteiger partial charge in [-0.05, 0) is 35.4 Å². The second kappa shape index (κ2) is 8.24. The van der Waals surface area contributed by atoms with Crippen molar-refractivity contribution in [3.63, 3.8) is 0 Å². The van der Waals surface area contributed by atoms with Crippen LogP contribution in [0.1, 0.15) is 18.1 Å². The van der Waals surface area contributed by atoms with E-state index in [-0.39, 0.29) is 0 Å². The predicted octanol–water partition coefficient (Wildman–Crippen LogP) is 5.96. The summed E-state index contributed by atoms with van der Waals surface area (Å²) in [5, 5.41) is 3.94. The highest BCUT2D eigenvalue weighted by Gasteiger charge is 2.18. The Hall–Kier alpha value is -2.17. The molecule has 27 heavy (non-hydrogen) atoms. The Morgan fingerprint density at radius 2 is 1.93 bits per heavy atom. The minimum atomic E-state index is 0.427. The van der Waals surface area contributed by atoms with E-state index in [4.69, 9.17) is 21.1 Å². The number of nitrogens with zero attached hydrogens (tertiary/aromatic N) is 1. The third-order valence-electron chi connectivity index (χ3n) is 4.39. The zero-order valence-corrected chi connectivity index (χ0v) is 16.6. The normalized spacial score (nSPS) is 13.6. The molecule has 0 aromatic heterocycles. The lowest BCUT2D eigenvalue weighted by Gasteiger charge is -2.16. The van der Waals surface area contributed by atoms with Crippen LogP contribution in [0.15, 0.2) is 59.6 Å². The summed E-state index contributed by atoms with van der Waals surface area (Å²) in [6.45, 7) is 3.78. The summed E-state index contributed by atoms with van der Waals surface area (Å²) < 4.78 is 11.9. The van der Waals surface area contributed by atoms with Gasteiger partial charge in [0, 0.05) is 17.9 Å². The van der Waals surface area contributed by atoms with E-state index in [2.05, 4.69) is 29.3 Å². The van der Waals surface area contributed by atoms with Gasteiger partial charge in [0.15, 0.2) is 11.5 Å². The summed E-state index contributed by atoms with van der Waals surface area (Å²) >= 11 is 8.31. The first-order valence-corrected chi connectivity index (χ1v) is 10.4. The Balaban J connectivity index is 1.64. The number of thioether (sulfide) groups is 1. The van der Waals surface area contributed by atoms with Crippen molar-refractivity contribution in [1.29, 1.82) is 0 Å². The van der Waals surface area contributed by atoms with Gasteiger partial charge in [-0.15, -0.1) is 11.8 Å². The highest BCUT2D eigenvalue weighted by molar-refractivity contribution is 8.14. The molecule has 0 saturated carbocycles. The van der Waals surface area contributed by atoms with Crippen LogP contribution in [0.3, 0.4) is 0 Å². The fraction of sp³-hybridized carbons (Fsp3) is 0.227. The minimum Gasteiger partial charge on any atom is -0.490 e. The molecule has 3 nitrogen and oxygen atoms in total. The lowest BCUT2D eigenvalue weighted by atomic mass is 10.1. The van der Waals surface area contributed by atoms with Crippen molar-refractivity contribution in [3.8, 4) is 11.5 Å². The van der Waals surface area contributed by atoms with Crippen LogP contribution in [-0.4, -0.2) is 23.9 Å². The van der Waals surface area contributed by atoms with Gasteiger partial charge in [0.25, 0.3) is 0 Å². The molecule has 0 spiro atoms. The maximum Gasteiger partial charge on any atom is 0.180 e. The van der Waals surface area contributed by atoms with Gasteiger partial charge in [0.05, 0.1) is 16.7 Å². The second-order valence-electron chi connectivity index (χ2n) is 6.18. The van der Waals surface area contributed by atoms with Crippen LogP contribution in [0.4, 0.5) is 0 Å². The standard InChI is InChI=1S/C22H20ClNO2S/c1-2-25-20-13-17(22-24-10-11-27-22)12-19(23)21(20)26-14-16-8-5-7-15-6-3-4-9-18(15)16/h3-9,12-13H,2,10-11,14H2,1H3. The lowest BCUT2D eigenvalue weighted by Crippen LogP contribution is -2.03. The average Bonchev–Trinajstić information content (AvgIpc) is 3.22. The molecule has 3 aromatic rings. The van der Waals surface area contributed by atoms with E-state index in [1.54, 1.807) is 11.8 Å². The first kappa shape index (κ1) is 18.2. The van der Waals surface area contributed by atoms with Gasteiger partial charge in [-0.2, -0.15) is 0 Å². The van der Waals surface area contributed by atoms with Gasteiger partial charge >= 0.3 is 0 Å². The number of aliphatic imine (C=N–C) groups is 1. The molecule has 0 radical (unpaired) electrons. The van der Waals surface area contributed by atoms with Crippen molar-refractivity contribution in [2.75, 3.05) is 18.9 Å². The molecule has 0 aliphatic carbocycles. The molecule has 3 aromatic carbocycles. The van der Waals surface area contributed by atoms with Crippen molar-refractivity contribution in [2.45, 2.75) is 13.5 Å². The van der Waals surface area contributed by atoms with Crippen molar-refractivity contribution < 1.29 is 9.47 Å². The van der Waals surface area contributed by atoms with Gasteiger partial charge in [-0.3, -0.25) is 4.99 Å². The zero-order valence-electron chi connectivity index (χ0n) is 15.1. The number of ether oxygens (including phenoxy) is 2. The third-order valence-corrected chi connectivity index (χ3v) is 5.70. The van der Waals surface area contributed by atoms with Crippen LogP contribution in [0, 0.1) is 0 Å². The van der Waals surface area contributed by atoms with E-state index in [1.807, 2.05) is 37.3 Å². The Morgan fingerprint density at radius 3 is 2.74 bits per heavy atom. The number of hydrogen-bond donors (Lipinski definition) is 0. The zero-order chi connectivity index (χ0) is 18.6. The molecule has 1 heterocycles. The molecule has 0 fully saturated rings. The molecule has 0 unspecified atom stereocenters. The van der Waals surface area contributed by atoms with Crippen molar-refractivity contribution in [3.05, 3.63) is 70.7 Å². The highest BCUT2D eigenvalue weighted by Crippen LogP contribution is 2.39. The summed E-state index contributed by atoms with van der Waals surface area (Å²) in [4.78, 5) is 4.53. The van der Waals surface area contributed by atoms with E-state index < -0.39 is 0 Å². The monoisotopic (exact) mass is 397 g/mol. The molecule has 0 amide bonds. The third kappa shape index (κ3) is 3.92. The second-order valence-corrected chi connectivity index (χ2v) is 7.67. The molecule has 138 valence electrons. The summed E-state index contributed by atoms with van der Waals surface area (Å²) in [6.07, 6.45) is 0. The largest absolute Gasteiger partial charge is 0.490 e. The first-order valence-electron chi connectivity index (χ1n) is 8.99. The smallest absolute Gasteiger partial charge is 0.180 e. The van der Waals surface area contributed by atoms with Crippen LogP contribution in [0.25, 0.3) is 10.8 Å². The van der Waals surface area contributed by atoms with Crippen LogP contribution in [-0.2, 0) is 6.61 Å². The van der Waals surface area contributed by atoms with E-state index in [0.29, 0.717) is 29.7 Å². The molecule has 0 bridgehead atoms. The van der Waals surface area contributed by atoms with Crippen molar-refractivity contribution in [2.24, 2.45) is 4.99 Å². The van der Waals surface area contributed by atoms with Crippen LogP contribution < -0.4 is 9.47 Å². The molecule has 1 aliphatic heterocycles. The lowest BCUT2D eigenvalue weighted by molar-refractivity contribution is 0.270. The number of benzene rings is 3. The summed E-state index contributed by atoms with van der Waals surface area (Å²) in [5.74, 6) is 2.25. The fourth-order valence-corrected chi connectivity index (χ4v) is 4.28. The molecule has 1 aliphatic rings. The first-order chi connectivity index (χ1) is 13.3. The van der Waals surface area contributed by atoms with E-state index in [1.165, 1.54) is 10.8 Å². The van der Waals surface area contributed by atoms with Crippen LogP contribution >= 0.6 is 23.4 Å². The predicted molar refractivity (Wildman–Crippen MR) is 115 cm³/mol. The molecule has 0 saturated heterocycles. The SMILES string of the molecule is CCOc1cc(C2=NCCS2)cc(Cl)c1OCc1cccc2ccccc12. The molecule has 5 heteroatoms. The topological polar surface area (TPSA) is 30.8 Å². The number of hydrogen-bond acceptors (Lipinski definition) is 4. The Morgan fingerprint density at radius 1 is 1.07 bits per heavy atom. The Bertz CT molecular complexity index is 998. The minimum absolute atomic E-state index is 0.427. The van der Waals surface area contributed by atoms with Crippen molar-refractivity contribution in [1.82, 2.24) is 0 Å². The molecule has 0 atom stereocenters. The molecule has 0 N–H and O–H groups in total. The van der Waals surface area contributed by atoms with E-state index in [0.717, 1.165) is 28.5 Å². The number of fused-ring (bicyclic) bond motifs is 1. The summed E-state index contributed by atoms with van der Waals surface area (Å²) in [7, 11) is 0. The van der Waals surface area contributed by atoms with E-state index in [9.17, 15) is 0 Å². The van der Waals surface area contributed by atoms with Crippen LogP contribution in [0.2, 0.25) is 5.02 Å². The average molecular weight is 398 g/mol. The number of rotatable bonds is 6.